The van der Waals surface area contributed by atoms with Crippen LogP contribution in [0.5, 0.6) is 0 Å². The molecule has 0 unspecified atom stereocenters. The maximum atomic E-state index is 5.54. The van der Waals surface area contributed by atoms with Crippen molar-refractivity contribution in [3.8, 4) is 62.0 Å². The fraction of sp³-hybridized carbons (Fsp3) is 0. The first-order valence-corrected chi connectivity index (χ1v) is 19.0. The predicted octanol–water partition coefficient (Wildman–Crippen LogP) is 12.4. The van der Waals surface area contributed by atoms with Gasteiger partial charge >= 0.3 is 0 Å². The second-order valence-electron chi connectivity index (χ2n) is 14.2. The maximum absolute atomic E-state index is 5.54. The summed E-state index contributed by atoms with van der Waals surface area (Å²) in [6.07, 6.45) is 7.20. The van der Waals surface area contributed by atoms with Crippen LogP contribution in [0.25, 0.3) is 105 Å². The van der Waals surface area contributed by atoms with Gasteiger partial charge in [-0.2, -0.15) is 0 Å². The van der Waals surface area contributed by atoms with Crippen LogP contribution in [0.15, 0.2) is 195 Å². The van der Waals surface area contributed by atoms with Gasteiger partial charge in [-0.05, 0) is 71.6 Å². The van der Waals surface area contributed by atoms with E-state index in [0.29, 0.717) is 5.82 Å². The summed E-state index contributed by atoms with van der Waals surface area (Å²) >= 11 is 0. The molecule has 0 amide bonds. The molecule has 6 heteroatoms. The van der Waals surface area contributed by atoms with Gasteiger partial charge in [0.25, 0.3) is 0 Å². The quantitative estimate of drug-likeness (QED) is 0.159. The SMILES string of the molecule is c1ccc(-c2nc3c(-c4ccc(-c5nc(-c6cccnc6)cc(-c6cccnc6)n5)cc4)cccc3c3cc4c5ccccc5n(-c5ccccc5)c4cc23)cc1. The molecule has 5 heterocycles. The highest BCUT2D eigenvalue weighted by Crippen LogP contribution is 2.42. The Hall–Kier alpha value is -7.83. The molecule has 0 aliphatic carbocycles. The number of rotatable bonds is 6. The lowest BCUT2D eigenvalue weighted by Crippen LogP contribution is -1.96. The number of fused-ring (bicyclic) bond motifs is 6. The van der Waals surface area contributed by atoms with Gasteiger partial charge in [-0.1, -0.05) is 109 Å². The number of aromatic nitrogens is 6. The summed E-state index contributed by atoms with van der Waals surface area (Å²) in [7, 11) is 0. The maximum Gasteiger partial charge on any atom is 0.160 e. The molecule has 0 aliphatic heterocycles. The molecule has 0 fully saturated rings. The predicted molar refractivity (Wildman–Crippen MR) is 232 cm³/mol. The topological polar surface area (TPSA) is 69.4 Å². The molecular formula is C51H32N6. The summed E-state index contributed by atoms with van der Waals surface area (Å²) in [5.74, 6) is 0.633. The van der Waals surface area contributed by atoms with Crippen molar-refractivity contribution in [1.82, 2.24) is 29.5 Å². The van der Waals surface area contributed by atoms with Crippen LogP contribution in [0.3, 0.4) is 0 Å². The molecule has 0 atom stereocenters. The standard InChI is InChI=1S/C51H32N6/c1-3-12-34(13-4-1)49-44-29-48-43(40-18-7-8-21-47(40)57(48)38-16-5-2-6-17-38)28-42(44)41-20-9-19-39(50(41)56-49)33-22-24-35(25-23-33)51-54-45(36-14-10-26-52-31-36)30-46(55-51)37-15-11-27-53-32-37/h1-32H. The number of nitrogens with zero attached hydrogens (tertiary/aromatic N) is 6. The molecule has 6 nitrogen and oxygen atoms in total. The number of para-hydroxylation sites is 3. The van der Waals surface area contributed by atoms with E-state index in [1.54, 1.807) is 12.4 Å². The van der Waals surface area contributed by atoms with Crippen molar-refractivity contribution in [2.75, 3.05) is 0 Å². The molecule has 11 rings (SSSR count). The smallest absolute Gasteiger partial charge is 0.160 e. The van der Waals surface area contributed by atoms with Crippen LogP contribution in [0.2, 0.25) is 0 Å². The van der Waals surface area contributed by atoms with E-state index in [2.05, 4.69) is 154 Å². The molecule has 11 aromatic rings. The Labute approximate surface area is 328 Å². The van der Waals surface area contributed by atoms with Crippen molar-refractivity contribution in [2.45, 2.75) is 0 Å². The molecule has 5 aromatic heterocycles. The Balaban J connectivity index is 1.10. The van der Waals surface area contributed by atoms with Crippen molar-refractivity contribution in [2.24, 2.45) is 0 Å². The normalized spacial score (nSPS) is 11.5. The monoisotopic (exact) mass is 728 g/mol. The number of pyridine rings is 3. The first-order valence-electron chi connectivity index (χ1n) is 19.0. The molecule has 57 heavy (non-hydrogen) atoms. The van der Waals surface area contributed by atoms with Gasteiger partial charge in [-0.25, -0.2) is 15.0 Å². The van der Waals surface area contributed by atoms with Crippen molar-refractivity contribution in [1.29, 1.82) is 0 Å². The Morgan fingerprint density at radius 3 is 1.70 bits per heavy atom. The fourth-order valence-corrected chi connectivity index (χ4v) is 8.09. The molecule has 0 bridgehead atoms. The summed E-state index contributed by atoms with van der Waals surface area (Å²) in [6.45, 7) is 0. The summed E-state index contributed by atoms with van der Waals surface area (Å²) < 4.78 is 2.37. The zero-order valence-corrected chi connectivity index (χ0v) is 30.7. The van der Waals surface area contributed by atoms with E-state index < -0.39 is 0 Å². The zero-order chi connectivity index (χ0) is 37.7. The van der Waals surface area contributed by atoms with Crippen molar-refractivity contribution >= 4 is 43.5 Å². The molecule has 0 saturated heterocycles. The van der Waals surface area contributed by atoms with Gasteiger partial charge in [-0.3, -0.25) is 9.97 Å². The van der Waals surface area contributed by atoms with E-state index in [4.69, 9.17) is 15.0 Å². The van der Waals surface area contributed by atoms with Crippen LogP contribution in [0.1, 0.15) is 0 Å². The average Bonchev–Trinajstić information content (AvgIpc) is 3.62. The minimum Gasteiger partial charge on any atom is -0.309 e. The van der Waals surface area contributed by atoms with Crippen LogP contribution in [0.4, 0.5) is 0 Å². The third-order valence-electron chi connectivity index (χ3n) is 10.8. The highest BCUT2D eigenvalue weighted by Gasteiger charge is 2.19. The Kier molecular flexibility index (Phi) is 7.71. The molecule has 6 aromatic carbocycles. The minimum absolute atomic E-state index is 0.633. The Morgan fingerprint density at radius 1 is 0.368 bits per heavy atom. The second-order valence-corrected chi connectivity index (χ2v) is 14.2. The van der Waals surface area contributed by atoms with Gasteiger partial charge in [0.05, 0.1) is 33.6 Å². The van der Waals surface area contributed by atoms with Gasteiger partial charge in [0.15, 0.2) is 5.82 Å². The van der Waals surface area contributed by atoms with Gasteiger partial charge in [0, 0.05) is 79.8 Å². The van der Waals surface area contributed by atoms with Crippen molar-refractivity contribution in [3.05, 3.63) is 195 Å². The molecule has 0 N–H and O–H groups in total. The highest BCUT2D eigenvalue weighted by atomic mass is 15.0. The molecule has 266 valence electrons. The van der Waals surface area contributed by atoms with Crippen LogP contribution in [-0.2, 0) is 0 Å². The molecule has 0 radical (unpaired) electrons. The summed E-state index contributed by atoms with van der Waals surface area (Å²) in [5, 5.41) is 5.83. The fourth-order valence-electron chi connectivity index (χ4n) is 8.09. The first kappa shape index (κ1) is 32.6. The third kappa shape index (κ3) is 5.62. The van der Waals surface area contributed by atoms with E-state index in [0.717, 1.165) is 78.0 Å². The molecular weight excluding hydrogens is 697 g/mol. The molecule has 0 spiro atoms. The highest BCUT2D eigenvalue weighted by molar-refractivity contribution is 6.21. The van der Waals surface area contributed by atoms with Gasteiger partial charge in [0.2, 0.25) is 0 Å². The van der Waals surface area contributed by atoms with Gasteiger partial charge < -0.3 is 4.57 Å². The summed E-state index contributed by atoms with van der Waals surface area (Å²) in [5.41, 5.74) is 12.9. The lowest BCUT2D eigenvalue weighted by atomic mass is 9.94. The number of hydrogen-bond acceptors (Lipinski definition) is 5. The molecule has 0 saturated carbocycles. The van der Waals surface area contributed by atoms with Crippen LogP contribution in [-0.4, -0.2) is 29.5 Å². The van der Waals surface area contributed by atoms with Crippen molar-refractivity contribution < 1.29 is 0 Å². The summed E-state index contributed by atoms with van der Waals surface area (Å²) in [4.78, 5) is 24.2. The van der Waals surface area contributed by atoms with Crippen LogP contribution in [0, 0.1) is 0 Å². The summed E-state index contributed by atoms with van der Waals surface area (Å²) in [6, 6.07) is 59.5. The van der Waals surface area contributed by atoms with E-state index in [-0.39, 0.29) is 0 Å². The van der Waals surface area contributed by atoms with E-state index >= 15 is 0 Å². The molecule has 0 aliphatic rings. The van der Waals surface area contributed by atoms with Gasteiger partial charge in [-0.15, -0.1) is 0 Å². The Morgan fingerprint density at radius 2 is 1.00 bits per heavy atom. The van der Waals surface area contributed by atoms with E-state index in [9.17, 15) is 0 Å². The van der Waals surface area contributed by atoms with E-state index in [1.807, 2.05) is 42.7 Å². The minimum atomic E-state index is 0.633. The third-order valence-corrected chi connectivity index (χ3v) is 10.8. The van der Waals surface area contributed by atoms with Gasteiger partial charge in [0.1, 0.15) is 0 Å². The van der Waals surface area contributed by atoms with E-state index in [1.165, 1.54) is 21.7 Å². The van der Waals surface area contributed by atoms with Crippen LogP contribution < -0.4 is 0 Å². The number of benzene rings is 6. The lowest BCUT2D eigenvalue weighted by molar-refractivity contribution is 1.17. The van der Waals surface area contributed by atoms with Crippen molar-refractivity contribution in [3.63, 3.8) is 0 Å². The van der Waals surface area contributed by atoms with Crippen LogP contribution >= 0.6 is 0 Å². The zero-order valence-electron chi connectivity index (χ0n) is 30.7. The lowest BCUT2D eigenvalue weighted by Gasteiger charge is -2.15. The average molecular weight is 729 g/mol. The second kappa shape index (κ2) is 13.5. The largest absolute Gasteiger partial charge is 0.309 e. The Bertz CT molecular complexity index is 3200. The first-order chi connectivity index (χ1) is 28.3. The number of hydrogen-bond donors (Lipinski definition) is 0.